The lowest BCUT2D eigenvalue weighted by Gasteiger charge is -2.34. The minimum atomic E-state index is -3.55. The number of nitrogens with zero attached hydrogens (tertiary/aromatic N) is 3. The summed E-state index contributed by atoms with van der Waals surface area (Å²) in [6.45, 7) is 4.82. The van der Waals surface area contributed by atoms with Crippen molar-refractivity contribution in [2.24, 2.45) is 0 Å². The van der Waals surface area contributed by atoms with Gasteiger partial charge in [0.2, 0.25) is 10.0 Å². The summed E-state index contributed by atoms with van der Waals surface area (Å²) in [7, 11) is 1.24. The van der Waals surface area contributed by atoms with Crippen LogP contribution in [0.1, 0.15) is 83.5 Å². The van der Waals surface area contributed by atoms with E-state index in [0.717, 1.165) is 60.8 Å². The third-order valence-electron chi connectivity index (χ3n) is 11.0. The summed E-state index contributed by atoms with van der Waals surface area (Å²) in [6.07, 6.45) is 0.660. The zero-order valence-electron chi connectivity index (χ0n) is 34.7. The number of methoxy groups -OCH3 is 1. The molecule has 0 aromatic heterocycles. The molecule has 4 aromatic rings. The first kappa shape index (κ1) is 49.4. The number of aliphatic carboxylic acids is 3. The van der Waals surface area contributed by atoms with Crippen molar-refractivity contribution in [3.63, 3.8) is 0 Å². The quantitative estimate of drug-likeness (QED) is 0.0775. The molecule has 1 heterocycles. The Morgan fingerprint density at radius 1 is 0.968 bits per heavy atom. The Hall–Kier alpha value is -5.28. The van der Waals surface area contributed by atoms with E-state index in [1.54, 1.807) is 37.3 Å². The number of hydrogen-bond donors (Lipinski definition) is 5. The first-order chi connectivity index (χ1) is 29.3. The lowest BCUT2D eigenvalue weighted by molar-refractivity contribution is -0.170. The number of amides is 1. The molecule has 1 aliphatic heterocycles. The molecule has 62 heavy (non-hydrogen) atoms. The normalized spacial score (nSPS) is 14.0. The van der Waals surface area contributed by atoms with E-state index in [4.69, 9.17) is 48.4 Å². The van der Waals surface area contributed by atoms with Crippen LogP contribution in [0.2, 0.25) is 10.0 Å². The van der Waals surface area contributed by atoms with Gasteiger partial charge in [0.25, 0.3) is 5.91 Å². The molecular weight excluding hydrogens is 863 g/mol. The van der Waals surface area contributed by atoms with Gasteiger partial charge in [-0.05, 0) is 98.6 Å². The summed E-state index contributed by atoms with van der Waals surface area (Å²) in [4.78, 5) is 49.3. The van der Waals surface area contributed by atoms with Crippen molar-refractivity contribution < 1.29 is 52.8 Å². The monoisotopic (exact) mass is 912 g/mol. The molecule has 1 amide bonds. The summed E-state index contributed by atoms with van der Waals surface area (Å²) >= 11 is 12.8. The highest BCUT2D eigenvalue weighted by Crippen LogP contribution is 2.38. The Labute approximate surface area is 370 Å². The van der Waals surface area contributed by atoms with Crippen LogP contribution in [-0.2, 0) is 30.8 Å². The fourth-order valence-corrected chi connectivity index (χ4v) is 9.14. The van der Waals surface area contributed by atoms with Gasteiger partial charge in [-0.2, -0.15) is 5.26 Å². The summed E-state index contributed by atoms with van der Waals surface area (Å²) in [6, 6.07) is 22.7. The van der Waals surface area contributed by atoms with E-state index in [9.17, 15) is 32.9 Å². The van der Waals surface area contributed by atoms with E-state index in [1.165, 1.54) is 7.05 Å². The van der Waals surface area contributed by atoms with E-state index in [0.29, 0.717) is 50.3 Å². The number of carbonyl (C=O) groups is 4. The number of rotatable bonds is 17. The highest BCUT2D eigenvalue weighted by Gasteiger charge is 2.41. The first-order valence-corrected chi connectivity index (χ1v) is 21.9. The maximum absolute atomic E-state index is 14.4. The lowest BCUT2D eigenvalue weighted by atomic mass is 9.88. The average Bonchev–Trinajstić information content (AvgIpc) is 3.24. The second kappa shape index (κ2) is 21.7. The van der Waals surface area contributed by atoms with Crippen molar-refractivity contribution in [2.75, 3.05) is 47.4 Å². The predicted octanol–water partition coefficient (Wildman–Crippen LogP) is 6.37. The van der Waals surface area contributed by atoms with Crippen LogP contribution < -0.4 is 9.46 Å². The van der Waals surface area contributed by atoms with Crippen LogP contribution in [0.15, 0.2) is 71.6 Å². The number of hydrogen-bond acceptors (Lipinski definition) is 10. The van der Waals surface area contributed by atoms with Gasteiger partial charge < -0.3 is 35.0 Å². The third-order valence-corrected chi connectivity index (χ3v) is 13.2. The maximum Gasteiger partial charge on any atom is 0.336 e. The maximum atomic E-state index is 14.4. The zero-order valence-corrected chi connectivity index (χ0v) is 37.1. The highest BCUT2D eigenvalue weighted by atomic mass is 35.5. The number of carboxylic acid groups (broad SMARTS) is 3. The van der Waals surface area contributed by atoms with Gasteiger partial charge in [0.05, 0.1) is 46.0 Å². The molecular formula is C44H50Cl2N4O11S. The smallest absolute Gasteiger partial charge is 0.336 e. The summed E-state index contributed by atoms with van der Waals surface area (Å²) in [5.41, 5.74) is 0.695. The number of nitriles is 1. The fourth-order valence-electron chi connectivity index (χ4n) is 7.81. The number of likely N-dealkylation sites (N-methyl/N-ethyl adjacent to an activating group) is 1. The molecule has 0 saturated carbocycles. The van der Waals surface area contributed by atoms with Crippen molar-refractivity contribution in [1.82, 2.24) is 14.5 Å². The number of likely N-dealkylation sites (tertiary alicyclic amines) is 1. The van der Waals surface area contributed by atoms with Gasteiger partial charge in [-0.1, -0.05) is 78.7 Å². The molecule has 1 atom stereocenters. The number of aliphatic hydroxyl groups is 1. The second-order valence-electron chi connectivity index (χ2n) is 15.0. The number of ether oxygens (including phenoxy) is 1. The number of carbonyl (C=O) groups excluding carboxylic acids is 1. The molecule has 5 N–H and O–H groups in total. The molecule has 0 aliphatic carbocycles. The van der Waals surface area contributed by atoms with Gasteiger partial charge in [0.1, 0.15) is 11.8 Å². The van der Waals surface area contributed by atoms with E-state index >= 15 is 0 Å². The van der Waals surface area contributed by atoms with Crippen LogP contribution in [0.25, 0.3) is 10.8 Å². The van der Waals surface area contributed by atoms with Crippen LogP contribution in [0, 0.1) is 11.3 Å². The molecule has 0 unspecified atom stereocenters. The fraction of sp³-hybridized carbons (Fsp3) is 0.386. The van der Waals surface area contributed by atoms with Crippen LogP contribution in [-0.4, -0.2) is 115 Å². The number of sulfonamides is 1. The van der Waals surface area contributed by atoms with Crippen LogP contribution >= 0.6 is 23.2 Å². The minimum absolute atomic E-state index is 0.0482. The number of nitrogens with one attached hydrogen (secondary N) is 1. The van der Waals surface area contributed by atoms with Crippen LogP contribution in [0.3, 0.4) is 0 Å². The molecule has 0 spiro atoms. The molecule has 4 aromatic carbocycles. The Morgan fingerprint density at radius 2 is 1.56 bits per heavy atom. The Morgan fingerprint density at radius 3 is 2.10 bits per heavy atom. The minimum Gasteiger partial charge on any atom is -0.495 e. The number of benzene rings is 4. The van der Waals surface area contributed by atoms with Gasteiger partial charge in [-0.3, -0.25) is 14.4 Å². The molecule has 0 bridgehead atoms. The second-order valence-corrected chi connectivity index (χ2v) is 17.6. The summed E-state index contributed by atoms with van der Waals surface area (Å²) < 4.78 is 33.5. The average molecular weight is 914 g/mol. The molecule has 0 radical (unpaired) electrons. The summed E-state index contributed by atoms with van der Waals surface area (Å²) in [5.74, 6) is -4.59. The Balaban J connectivity index is 0.000000562. The van der Waals surface area contributed by atoms with Crippen molar-refractivity contribution in [3.8, 4) is 11.8 Å². The highest BCUT2D eigenvalue weighted by molar-refractivity contribution is 7.89. The van der Waals surface area contributed by atoms with Crippen molar-refractivity contribution in [3.05, 3.63) is 105 Å². The molecule has 1 fully saturated rings. The van der Waals surface area contributed by atoms with E-state index < -0.39 is 46.4 Å². The SMILES string of the molecule is CCc1c(C#N)c(OC)c2ccccc2c1C(=O)N(C)C[C@@H](CCN1CCC(c2ccccc2S(=O)(=O)NC)CC1)c1ccc(Cl)c(Cl)c1.O=C(O)CC(O)(CC(=O)O)C(=O)O. The van der Waals surface area contributed by atoms with Gasteiger partial charge in [0, 0.05) is 24.9 Å². The van der Waals surface area contributed by atoms with Gasteiger partial charge in [-0.25, -0.2) is 17.9 Å². The van der Waals surface area contributed by atoms with E-state index in [-0.39, 0.29) is 17.7 Å². The number of halogens is 2. The number of fused-ring (bicyclic) bond motifs is 1. The zero-order chi connectivity index (χ0) is 45.9. The largest absolute Gasteiger partial charge is 0.495 e. The van der Waals surface area contributed by atoms with E-state index in [2.05, 4.69) is 15.7 Å². The van der Waals surface area contributed by atoms with Crippen LogP contribution in [0.4, 0.5) is 0 Å². The molecule has 18 heteroatoms. The van der Waals surface area contributed by atoms with Gasteiger partial charge >= 0.3 is 17.9 Å². The summed E-state index contributed by atoms with van der Waals surface area (Å²) in [5, 5.41) is 46.4. The number of carboxylic acids is 3. The topological polar surface area (TPSA) is 235 Å². The van der Waals surface area contributed by atoms with Gasteiger partial charge in [-0.15, -0.1) is 0 Å². The third kappa shape index (κ3) is 11.8. The Bertz CT molecular complexity index is 2440. The number of piperidine rings is 1. The Kier molecular flexibility index (Phi) is 17.3. The van der Waals surface area contributed by atoms with Crippen molar-refractivity contribution in [2.45, 2.75) is 67.8 Å². The predicted molar refractivity (Wildman–Crippen MR) is 234 cm³/mol. The standard InChI is InChI=1S/C38H42Cl2N4O4S.C6H8O7/c1-5-28-32(23-41)37(48-4)31-12-7-6-11-30(31)36(28)38(45)43(3)24-27(26-14-15-33(39)34(40)22-26)18-21-44-19-16-25(17-20-44)29-10-8-9-13-35(29)49(46,47)42-2;7-3(8)1-6(13,5(11)12)2-4(9)10/h6-15,22,25,27,42H,5,16-21,24H2,1-4H3;13H,1-2H2,(H,7,8)(H,9,10)(H,11,12)/t27-;/m1./s1. The first-order valence-electron chi connectivity index (χ1n) is 19.7. The molecule has 1 saturated heterocycles. The molecule has 1 aliphatic rings. The van der Waals surface area contributed by atoms with Crippen molar-refractivity contribution >= 4 is 67.8 Å². The molecule has 15 nitrogen and oxygen atoms in total. The van der Waals surface area contributed by atoms with Crippen molar-refractivity contribution in [1.29, 1.82) is 5.26 Å². The van der Waals surface area contributed by atoms with E-state index in [1.807, 2.05) is 55.5 Å². The molecule has 332 valence electrons. The molecule has 5 rings (SSSR count). The lowest BCUT2D eigenvalue weighted by Crippen LogP contribution is -2.42. The van der Waals surface area contributed by atoms with Crippen LogP contribution in [0.5, 0.6) is 5.75 Å². The van der Waals surface area contributed by atoms with Gasteiger partial charge in [0.15, 0.2) is 5.60 Å².